The number of aliphatic hydroxyl groups is 1. The highest BCUT2D eigenvalue weighted by Crippen LogP contribution is 2.32. The van der Waals surface area contributed by atoms with Gasteiger partial charge in [-0.05, 0) is 31.0 Å². The van der Waals surface area contributed by atoms with Crippen molar-refractivity contribution in [2.24, 2.45) is 0 Å². The molecule has 1 unspecified atom stereocenters. The van der Waals surface area contributed by atoms with Crippen molar-refractivity contribution < 1.29 is 14.7 Å². The summed E-state index contributed by atoms with van der Waals surface area (Å²) in [7, 11) is 1.79. The van der Waals surface area contributed by atoms with Crippen molar-refractivity contribution in [3.63, 3.8) is 0 Å². The van der Waals surface area contributed by atoms with Gasteiger partial charge in [0.05, 0.1) is 17.9 Å². The summed E-state index contributed by atoms with van der Waals surface area (Å²) in [6.07, 6.45) is -0.368. The topological polar surface area (TPSA) is 84.6 Å². The molecule has 2 aliphatic heterocycles. The van der Waals surface area contributed by atoms with Crippen molar-refractivity contribution in [3.05, 3.63) is 23.3 Å². The molecular formula is C14H14BN3O3. The minimum Gasteiger partial charge on any atom is -0.390 e. The number of hydrogen-bond acceptors (Lipinski definition) is 4. The molecule has 106 valence electrons. The van der Waals surface area contributed by atoms with E-state index in [1.807, 2.05) is 0 Å². The fourth-order valence-electron chi connectivity index (χ4n) is 3.04. The first-order valence-electron chi connectivity index (χ1n) is 6.80. The van der Waals surface area contributed by atoms with Crippen molar-refractivity contribution in [2.45, 2.75) is 25.5 Å². The number of fused-ring (bicyclic) bond motifs is 1. The van der Waals surface area contributed by atoms with E-state index in [0.717, 1.165) is 15.9 Å². The van der Waals surface area contributed by atoms with Gasteiger partial charge in [0.1, 0.15) is 13.9 Å². The molecule has 2 atom stereocenters. The summed E-state index contributed by atoms with van der Waals surface area (Å²) < 4.78 is 0. The van der Waals surface area contributed by atoms with Gasteiger partial charge in [0.2, 0.25) is 0 Å². The van der Waals surface area contributed by atoms with Crippen LogP contribution in [0, 0.1) is 18.3 Å². The second kappa shape index (κ2) is 4.60. The maximum atomic E-state index is 12.5. The number of nitriles is 1. The Bertz CT molecular complexity index is 697. The summed E-state index contributed by atoms with van der Waals surface area (Å²) in [6, 6.07) is 4.14. The second-order valence-corrected chi connectivity index (χ2v) is 5.44. The molecule has 0 radical (unpaired) electrons. The van der Waals surface area contributed by atoms with Gasteiger partial charge in [0, 0.05) is 12.1 Å². The highest BCUT2D eigenvalue weighted by Gasteiger charge is 2.52. The molecule has 21 heavy (non-hydrogen) atoms. The normalized spacial score (nSPS) is 24.4. The van der Waals surface area contributed by atoms with Crippen molar-refractivity contribution in [3.8, 4) is 6.07 Å². The summed E-state index contributed by atoms with van der Waals surface area (Å²) in [5, 5.41) is 18.9. The first-order valence-corrected chi connectivity index (χ1v) is 6.80. The molecule has 2 heterocycles. The first-order chi connectivity index (χ1) is 9.97. The summed E-state index contributed by atoms with van der Waals surface area (Å²) in [6.45, 7) is 2.17. The second-order valence-electron chi connectivity index (χ2n) is 5.44. The Kier molecular flexibility index (Phi) is 2.99. The lowest BCUT2D eigenvalue weighted by molar-refractivity contribution is -0.121. The van der Waals surface area contributed by atoms with E-state index in [2.05, 4.69) is 6.07 Å². The molecule has 2 saturated heterocycles. The van der Waals surface area contributed by atoms with Crippen molar-refractivity contribution in [1.29, 1.82) is 5.26 Å². The lowest BCUT2D eigenvalue weighted by Gasteiger charge is -2.19. The molecule has 0 aromatic heterocycles. The van der Waals surface area contributed by atoms with Crippen LogP contribution in [0.25, 0.3) is 0 Å². The molecule has 1 aromatic carbocycles. The van der Waals surface area contributed by atoms with Crippen molar-refractivity contribution in [2.75, 3.05) is 11.4 Å². The average Bonchev–Trinajstić information content (AvgIpc) is 2.95. The van der Waals surface area contributed by atoms with Crippen LogP contribution in [-0.4, -0.2) is 48.5 Å². The SMILES string of the molecule is Bc1c(C#N)ccc(N2C(=O)[C@@H]3C(O)CCN3C2=O)c1C. The highest BCUT2D eigenvalue weighted by molar-refractivity contribution is 6.36. The third kappa shape index (κ3) is 1.76. The fourth-order valence-corrected chi connectivity index (χ4v) is 3.04. The Morgan fingerprint density at radius 2 is 2.14 bits per heavy atom. The maximum absolute atomic E-state index is 12.5. The van der Waals surface area contributed by atoms with Crippen LogP contribution < -0.4 is 10.4 Å². The van der Waals surface area contributed by atoms with Gasteiger partial charge in [-0.3, -0.25) is 4.79 Å². The highest BCUT2D eigenvalue weighted by atomic mass is 16.3. The Labute approximate surface area is 123 Å². The Hall–Kier alpha value is -2.33. The third-order valence-electron chi connectivity index (χ3n) is 4.40. The van der Waals surface area contributed by atoms with E-state index in [9.17, 15) is 14.7 Å². The van der Waals surface area contributed by atoms with Gasteiger partial charge >= 0.3 is 6.03 Å². The molecule has 0 saturated carbocycles. The minimum atomic E-state index is -0.800. The number of benzene rings is 1. The molecule has 7 heteroatoms. The number of amides is 3. The Morgan fingerprint density at radius 3 is 2.76 bits per heavy atom. The number of carbonyl (C=O) groups is 2. The number of rotatable bonds is 1. The monoisotopic (exact) mass is 283 g/mol. The number of aliphatic hydroxyl groups excluding tert-OH is 1. The van der Waals surface area contributed by atoms with Gasteiger partial charge in [-0.1, -0.05) is 5.46 Å². The van der Waals surface area contributed by atoms with Crippen LogP contribution in [0.5, 0.6) is 0 Å². The van der Waals surface area contributed by atoms with Crippen molar-refractivity contribution >= 4 is 30.9 Å². The fraction of sp³-hybridized carbons (Fsp3) is 0.357. The van der Waals surface area contributed by atoms with Crippen LogP contribution in [0.4, 0.5) is 10.5 Å². The molecule has 3 amide bonds. The van der Waals surface area contributed by atoms with E-state index in [-0.39, 0.29) is 0 Å². The molecular weight excluding hydrogens is 269 g/mol. The first kappa shape index (κ1) is 13.6. The zero-order valence-electron chi connectivity index (χ0n) is 11.8. The van der Waals surface area contributed by atoms with Crippen LogP contribution in [0.2, 0.25) is 0 Å². The van der Waals surface area contributed by atoms with E-state index >= 15 is 0 Å². The lowest BCUT2D eigenvalue weighted by atomic mass is 9.85. The summed E-state index contributed by atoms with van der Waals surface area (Å²) in [5.74, 6) is -0.391. The molecule has 0 bridgehead atoms. The predicted molar refractivity (Wildman–Crippen MR) is 78.1 cm³/mol. The van der Waals surface area contributed by atoms with E-state index < -0.39 is 24.1 Å². The number of hydrogen-bond donors (Lipinski definition) is 1. The number of anilines is 1. The summed E-state index contributed by atoms with van der Waals surface area (Å²) >= 11 is 0. The zero-order chi connectivity index (χ0) is 15.3. The molecule has 0 aliphatic carbocycles. The standard InChI is InChI=1S/C14H14BN3O3/c1-7-9(3-2-8(6-16)11(7)15)18-13(20)12-10(19)4-5-17(12)14(18)21/h2-3,10,12,19H,4-5,15H2,1H3/t10?,12-/m0/s1. The molecule has 0 spiro atoms. The minimum absolute atomic E-state index is 0.390. The Morgan fingerprint density at radius 1 is 1.43 bits per heavy atom. The molecule has 3 rings (SSSR count). The predicted octanol–water partition coefficient (Wildman–Crippen LogP) is -0.973. The summed E-state index contributed by atoms with van der Waals surface area (Å²) in [5.41, 5.74) is 2.49. The third-order valence-corrected chi connectivity index (χ3v) is 4.40. The Balaban J connectivity index is 2.07. The van der Waals surface area contributed by atoms with Crippen LogP contribution in [0.15, 0.2) is 12.1 Å². The molecule has 2 aliphatic rings. The number of carbonyl (C=O) groups excluding carboxylic acids is 2. The van der Waals surface area contributed by atoms with E-state index in [1.165, 1.54) is 4.90 Å². The van der Waals surface area contributed by atoms with Crippen molar-refractivity contribution in [1.82, 2.24) is 4.90 Å². The molecule has 1 aromatic rings. The van der Waals surface area contributed by atoms with E-state index in [1.54, 1.807) is 26.9 Å². The molecule has 6 nitrogen and oxygen atoms in total. The van der Waals surface area contributed by atoms with Crippen LogP contribution in [0.1, 0.15) is 17.5 Å². The number of urea groups is 1. The number of nitrogens with zero attached hydrogens (tertiary/aromatic N) is 3. The zero-order valence-corrected chi connectivity index (χ0v) is 11.8. The van der Waals surface area contributed by atoms with Gasteiger partial charge in [0.15, 0.2) is 0 Å². The smallest absolute Gasteiger partial charge is 0.332 e. The van der Waals surface area contributed by atoms with Gasteiger partial charge in [0.25, 0.3) is 5.91 Å². The largest absolute Gasteiger partial charge is 0.390 e. The maximum Gasteiger partial charge on any atom is 0.332 e. The molecule has 2 fully saturated rings. The van der Waals surface area contributed by atoms with Crippen LogP contribution in [-0.2, 0) is 4.79 Å². The van der Waals surface area contributed by atoms with Gasteiger partial charge < -0.3 is 10.0 Å². The van der Waals surface area contributed by atoms with E-state index in [0.29, 0.717) is 24.2 Å². The van der Waals surface area contributed by atoms with Crippen LogP contribution in [0.3, 0.4) is 0 Å². The van der Waals surface area contributed by atoms with Crippen LogP contribution >= 0.6 is 0 Å². The summed E-state index contributed by atoms with van der Waals surface area (Å²) in [4.78, 5) is 27.4. The average molecular weight is 283 g/mol. The van der Waals surface area contributed by atoms with E-state index in [4.69, 9.17) is 5.26 Å². The lowest BCUT2D eigenvalue weighted by Crippen LogP contribution is -2.37. The molecule has 1 N–H and O–H groups in total. The quantitative estimate of drug-likeness (QED) is 0.530. The van der Waals surface area contributed by atoms with Gasteiger partial charge in [-0.15, -0.1) is 0 Å². The van der Waals surface area contributed by atoms with Gasteiger partial charge in [-0.2, -0.15) is 5.26 Å². The van der Waals surface area contributed by atoms with Gasteiger partial charge in [-0.25, -0.2) is 9.69 Å². The number of imide groups is 1.